The zero-order chi connectivity index (χ0) is 13.0. The molecule has 1 N–H and O–H groups in total. The molecule has 1 aromatic carbocycles. The van der Waals surface area contributed by atoms with Gasteiger partial charge in [-0.05, 0) is 66.6 Å². The van der Waals surface area contributed by atoms with Crippen LogP contribution in [-0.4, -0.2) is 24.6 Å². The first-order valence-electron chi connectivity index (χ1n) is 5.94. The van der Waals surface area contributed by atoms with Gasteiger partial charge in [0.2, 0.25) is 0 Å². The number of hydrogen-bond donors (Lipinski definition) is 1. The molecule has 0 bridgehead atoms. The molecule has 18 heavy (non-hydrogen) atoms. The summed E-state index contributed by atoms with van der Waals surface area (Å²) < 4.78 is 6.38. The van der Waals surface area contributed by atoms with Crippen molar-refractivity contribution in [2.24, 2.45) is 5.92 Å². The summed E-state index contributed by atoms with van der Waals surface area (Å²) in [5.41, 5.74) is 0.0476. The van der Waals surface area contributed by atoms with E-state index in [-0.39, 0.29) is 5.69 Å². The third kappa shape index (κ3) is 3.55. The van der Waals surface area contributed by atoms with E-state index in [4.69, 9.17) is 4.74 Å². The van der Waals surface area contributed by atoms with Crippen molar-refractivity contribution in [3.8, 4) is 5.75 Å². The van der Waals surface area contributed by atoms with Crippen LogP contribution in [0.15, 0.2) is 18.2 Å². The maximum atomic E-state index is 10.9. The van der Waals surface area contributed by atoms with E-state index in [0.29, 0.717) is 18.3 Å². The van der Waals surface area contributed by atoms with Crippen molar-refractivity contribution in [1.82, 2.24) is 5.32 Å². The molecule has 1 saturated heterocycles. The van der Waals surface area contributed by atoms with E-state index in [2.05, 4.69) is 27.9 Å². The molecule has 0 amide bonds. The van der Waals surface area contributed by atoms with Gasteiger partial charge in [0, 0.05) is 9.64 Å². The van der Waals surface area contributed by atoms with Gasteiger partial charge < -0.3 is 10.1 Å². The predicted octanol–water partition coefficient (Wildman–Crippen LogP) is 2.58. The van der Waals surface area contributed by atoms with Gasteiger partial charge in [-0.2, -0.15) is 0 Å². The number of nitrogens with one attached hydrogen (secondary N) is 1. The van der Waals surface area contributed by atoms with Crippen LogP contribution in [0.3, 0.4) is 0 Å². The lowest BCUT2D eigenvalue weighted by Gasteiger charge is -2.10. The van der Waals surface area contributed by atoms with Crippen LogP contribution in [0.25, 0.3) is 0 Å². The number of nitrogens with zero attached hydrogens (tertiary/aromatic N) is 1. The van der Waals surface area contributed by atoms with E-state index in [1.54, 1.807) is 6.07 Å². The Bertz CT molecular complexity index is 433. The SMILES string of the molecule is O=[N+]([O-])c1cc(I)ccc1OCCC1CCNC1. The van der Waals surface area contributed by atoms with Crippen LogP contribution in [0.1, 0.15) is 12.8 Å². The van der Waals surface area contributed by atoms with Crippen LogP contribution in [0.2, 0.25) is 0 Å². The number of nitro benzene ring substituents is 1. The number of rotatable bonds is 5. The van der Waals surface area contributed by atoms with Gasteiger partial charge in [0.15, 0.2) is 5.75 Å². The lowest BCUT2D eigenvalue weighted by Crippen LogP contribution is -2.12. The summed E-state index contributed by atoms with van der Waals surface area (Å²) in [6, 6.07) is 5.03. The number of ether oxygens (including phenoxy) is 1. The molecular weight excluding hydrogens is 347 g/mol. The summed E-state index contributed by atoms with van der Waals surface area (Å²) in [7, 11) is 0. The van der Waals surface area contributed by atoms with Gasteiger partial charge in [0.05, 0.1) is 11.5 Å². The van der Waals surface area contributed by atoms with Crippen molar-refractivity contribution in [1.29, 1.82) is 0 Å². The van der Waals surface area contributed by atoms with Crippen molar-refractivity contribution in [2.45, 2.75) is 12.8 Å². The molecule has 1 aliphatic heterocycles. The Labute approximate surface area is 119 Å². The van der Waals surface area contributed by atoms with Crippen LogP contribution in [0.4, 0.5) is 5.69 Å². The smallest absolute Gasteiger partial charge is 0.311 e. The highest BCUT2D eigenvalue weighted by atomic mass is 127. The Morgan fingerprint density at radius 1 is 1.56 bits per heavy atom. The largest absolute Gasteiger partial charge is 0.487 e. The van der Waals surface area contributed by atoms with Gasteiger partial charge in [-0.1, -0.05) is 0 Å². The van der Waals surface area contributed by atoms with Crippen LogP contribution in [-0.2, 0) is 0 Å². The number of nitro groups is 1. The maximum Gasteiger partial charge on any atom is 0.311 e. The van der Waals surface area contributed by atoms with E-state index < -0.39 is 4.92 Å². The Morgan fingerprint density at radius 2 is 2.39 bits per heavy atom. The first-order valence-corrected chi connectivity index (χ1v) is 7.02. The molecule has 1 atom stereocenters. The maximum absolute atomic E-state index is 10.9. The molecule has 0 saturated carbocycles. The quantitative estimate of drug-likeness (QED) is 0.497. The lowest BCUT2D eigenvalue weighted by molar-refractivity contribution is -0.386. The fraction of sp³-hybridized carbons (Fsp3) is 0.500. The molecule has 0 spiro atoms. The second-order valence-electron chi connectivity index (χ2n) is 4.37. The first-order chi connectivity index (χ1) is 8.66. The molecule has 2 rings (SSSR count). The Kier molecular flexibility index (Phi) is 4.76. The monoisotopic (exact) mass is 362 g/mol. The third-order valence-electron chi connectivity index (χ3n) is 3.06. The second-order valence-corrected chi connectivity index (χ2v) is 5.61. The average Bonchev–Trinajstić information content (AvgIpc) is 2.84. The summed E-state index contributed by atoms with van der Waals surface area (Å²) in [4.78, 5) is 10.5. The minimum atomic E-state index is -0.394. The van der Waals surface area contributed by atoms with Crippen LogP contribution < -0.4 is 10.1 Å². The molecule has 1 aromatic rings. The number of hydrogen-bond acceptors (Lipinski definition) is 4. The van der Waals surface area contributed by atoms with Crippen LogP contribution >= 0.6 is 22.6 Å². The molecule has 0 aliphatic carbocycles. The minimum Gasteiger partial charge on any atom is -0.487 e. The highest BCUT2D eigenvalue weighted by Gasteiger charge is 2.17. The molecule has 98 valence electrons. The molecule has 1 aliphatic rings. The molecular formula is C12H15IN2O3. The molecule has 6 heteroatoms. The average molecular weight is 362 g/mol. The van der Waals surface area contributed by atoms with Gasteiger partial charge >= 0.3 is 5.69 Å². The second kappa shape index (κ2) is 6.33. The third-order valence-corrected chi connectivity index (χ3v) is 3.73. The predicted molar refractivity (Wildman–Crippen MR) is 76.9 cm³/mol. The Morgan fingerprint density at radius 3 is 3.06 bits per heavy atom. The molecule has 1 unspecified atom stereocenters. The lowest BCUT2D eigenvalue weighted by atomic mass is 10.1. The van der Waals surface area contributed by atoms with Crippen molar-refractivity contribution in [3.05, 3.63) is 31.9 Å². The molecule has 0 radical (unpaired) electrons. The standard InChI is InChI=1S/C12H15IN2O3/c13-10-1-2-12(11(7-10)15(16)17)18-6-4-9-3-5-14-8-9/h1-2,7,9,14H,3-6,8H2. The van der Waals surface area contributed by atoms with Gasteiger partial charge in [-0.15, -0.1) is 0 Å². The first kappa shape index (κ1) is 13.5. The van der Waals surface area contributed by atoms with Crippen molar-refractivity contribution in [2.75, 3.05) is 19.7 Å². The van der Waals surface area contributed by atoms with E-state index in [9.17, 15) is 10.1 Å². The number of benzene rings is 1. The summed E-state index contributed by atoms with van der Waals surface area (Å²) in [6.07, 6.45) is 2.11. The van der Waals surface area contributed by atoms with Crippen molar-refractivity contribution < 1.29 is 9.66 Å². The molecule has 0 aromatic heterocycles. The highest BCUT2D eigenvalue weighted by Crippen LogP contribution is 2.29. The summed E-state index contributed by atoms with van der Waals surface area (Å²) >= 11 is 2.06. The zero-order valence-corrected chi connectivity index (χ0v) is 12.1. The Balaban J connectivity index is 1.93. The minimum absolute atomic E-state index is 0.0476. The van der Waals surface area contributed by atoms with Crippen molar-refractivity contribution in [3.63, 3.8) is 0 Å². The normalized spacial score (nSPS) is 18.8. The molecule has 1 heterocycles. The topological polar surface area (TPSA) is 64.4 Å². The zero-order valence-electron chi connectivity index (χ0n) is 9.89. The fourth-order valence-corrected chi connectivity index (χ4v) is 2.53. The Hall–Kier alpha value is -0.890. The fourth-order valence-electron chi connectivity index (χ4n) is 2.05. The van der Waals surface area contributed by atoms with Crippen LogP contribution in [0.5, 0.6) is 5.75 Å². The van der Waals surface area contributed by atoms with Gasteiger partial charge in [-0.3, -0.25) is 10.1 Å². The van der Waals surface area contributed by atoms with E-state index in [1.165, 1.54) is 6.07 Å². The van der Waals surface area contributed by atoms with E-state index in [0.717, 1.165) is 29.5 Å². The summed E-state index contributed by atoms with van der Waals surface area (Å²) in [6.45, 7) is 2.63. The van der Waals surface area contributed by atoms with E-state index in [1.807, 2.05) is 6.07 Å². The van der Waals surface area contributed by atoms with Gasteiger partial charge in [0.1, 0.15) is 0 Å². The molecule has 5 nitrogen and oxygen atoms in total. The van der Waals surface area contributed by atoms with Crippen LogP contribution in [0, 0.1) is 19.6 Å². The van der Waals surface area contributed by atoms with Crippen molar-refractivity contribution >= 4 is 28.3 Å². The van der Waals surface area contributed by atoms with Gasteiger partial charge in [-0.25, -0.2) is 0 Å². The van der Waals surface area contributed by atoms with E-state index >= 15 is 0 Å². The van der Waals surface area contributed by atoms with Gasteiger partial charge in [0.25, 0.3) is 0 Å². The highest BCUT2D eigenvalue weighted by molar-refractivity contribution is 14.1. The number of halogens is 1. The summed E-state index contributed by atoms with van der Waals surface area (Å²) in [5, 5.41) is 14.2. The summed E-state index contributed by atoms with van der Waals surface area (Å²) in [5.74, 6) is 0.999. The molecule has 1 fully saturated rings.